The molecule has 6 nitrogen and oxygen atoms in total. The number of thiazole rings is 1. The molecule has 0 amide bonds. The van der Waals surface area contributed by atoms with Gasteiger partial charge in [-0.1, -0.05) is 11.3 Å². The van der Waals surface area contributed by atoms with Crippen molar-refractivity contribution in [2.75, 3.05) is 0 Å². The Hall–Kier alpha value is -2.48. The first kappa shape index (κ1) is 14.5. The summed E-state index contributed by atoms with van der Waals surface area (Å²) in [4.78, 5) is 23.3. The molecule has 0 bridgehead atoms. The van der Waals surface area contributed by atoms with E-state index in [1.807, 2.05) is 6.92 Å². The highest BCUT2D eigenvalue weighted by atomic mass is 32.1. The number of halogens is 1. The maximum absolute atomic E-state index is 12.9. The van der Waals surface area contributed by atoms with Gasteiger partial charge in [-0.25, -0.2) is 9.18 Å². The van der Waals surface area contributed by atoms with Crippen LogP contribution in [-0.4, -0.2) is 14.3 Å². The van der Waals surface area contributed by atoms with Crippen molar-refractivity contribution in [3.05, 3.63) is 61.4 Å². The summed E-state index contributed by atoms with van der Waals surface area (Å²) in [6.07, 6.45) is 0. The molecule has 3 rings (SSSR count). The minimum atomic E-state index is -0.611. The molecule has 1 aromatic carbocycles. The Morgan fingerprint density at radius 2 is 1.95 bits per heavy atom. The van der Waals surface area contributed by atoms with E-state index in [4.69, 9.17) is 4.42 Å². The minimum absolute atomic E-state index is 0.0761. The molecule has 0 unspecified atom stereocenters. The molecule has 0 aliphatic carbocycles. The monoisotopic (exact) mass is 321 g/mol. The Morgan fingerprint density at radius 1 is 1.23 bits per heavy atom. The number of hydrogen-bond acceptors (Lipinski definition) is 5. The number of rotatable bonds is 4. The van der Waals surface area contributed by atoms with Crippen LogP contribution < -0.4 is 10.6 Å². The van der Waals surface area contributed by atoms with Crippen molar-refractivity contribution in [3.63, 3.8) is 0 Å². The standard InChI is InChI=1S/C14H12FN3O3S/c1-9-8-22-14(20)17(9)6-7-18-13(19)21-12(16-18)10-2-4-11(15)5-3-10/h2-5,8H,6-7H2,1H3. The fraction of sp³-hybridized carbons (Fsp3) is 0.214. The zero-order valence-electron chi connectivity index (χ0n) is 11.7. The molecule has 0 saturated heterocycles. The molecule has 22 heavy (non-hydrogen) atoms. The van der Waals surface area contributed by atoms with Gasteiger partial charge < -0.3 is 8.98 Å². The Labute approximate surface area is 128 Å². The number of nitrogens with zero attached hydrogens (tertiary/aromatic N) is 3. The van der Waals surface area contributed by atoms with Gasteiger partial charge in [-0.2, -0.15) is 4.68 Å². The highest BCUT2D eigenvalue weighted by Gasteiger charge is 2.11. The molecular weight excluding hydrogens is 309 g/mol. The number of benzene rings is 1. The summed E-state index contributed by atoms with van der Waals surface area (Å²) in [6.45, 7) is 2.39. The summed E-state index contributed by atoms with van der Waals surface area (Å²) >= 11 is 1.11. The average molecular weight is 321 g/mol. The van der Waals surface area contributed by atoms with Crippen LogP contribution in [0.4, 0.5) is 4.39 Å². The fourth-order valence-corrected chi connectivity index (χ4v) is 2.79. The van der Waals surface area contributed by atoms with Crippen molar-refractivity contribution in [2.45, 2.75) is 20.0 Å². The lowest BCUT2D eigenvalue weighted by Crippen LogP contribution is -2.23. The predicted molar refractivity (Wildman–Crippen MR) is 79.5 cm³/mol. The second-order valence-electron chi connectivity index (χ2n) is 4.70. The summed E-state index contributed by atoms with van der Waals surface area (Å²) < 4.78 is 20.7. The van der Waals surface area contributed by atoms with Gasteiger partial charge in [0.25, 0.3) is 0 Å². The number of aryl methyl sites for hydroxylation is 2. The quantitative estimate of drug-likeness (QED) is 0.735. The molecular formula is C14H12FN3O3S. The SMILES string of the molecule is Cc1csc(=O)n1CCn1nc(-c2ccc(F)cc2)oc1=O. The van der Waals surface area contributed by atoms with Crippen LogP contribution in [0.2, 0.25) is 0 Å². The average Bonchev–Trinajstić information content (AvgIpc) is 3.01. The molecule has 0 aliphatic heterocycles. The highest BCUT2D eigenvalue weighted by Crippen LogP contribution is 2.15. The van der Waals surface area contributed by atoms with E-state index in [1.165, 1.54) is 24.3 Å². The van der Waals surface area contributed by atoms with Gasteiger partial charge >= 0.3 is 10.6 Å². The van der Waals surface area contributed by atoms with Crippen LogP contribution >= 0.6 is 11.3 Å². The molecule has 0 N–H and O–H groups in total. The molecule has 2 aromatic heterocycles. The molecule has 8 heteroatoms. The Balaban J connectivity index is 1.82. The van der Waals surface area contributed by atoms with Gasteiger partial charge in [0.15, 0.2) is 0 Å². The summed E-state index contributed by atoms with van der Waals surface area (Å²) in [7, 11) is 0. The van der Waals surface area contributed by atoms with Crippen molar-refractivity contribution in [1.29, 1.82) is 0 Å². The van der Waals surface area contributed by atoms with Gasteiger partial charge in [0.05, 0.1) is 6.54 Å². The molecule has 0 spiro atoms. The van der Waals surface area contributed by atoms with Crippen LogP contribution in [-0.2, 0) is 13.1 Å². The van der Waals surface area contributed by atoms with Gasteiger partial charge in [0.2, 0.25) is 5.89 Å². The smallest absolute Gasteiger partial charge is 0.388 e. The summed E-state index contributed by atoms with van der Waals surface area (Å²) in [6, 6.07) is 5.50. The van der Waals surface area contributed by atoms with Crippen LogP contribution in [0.25, 0.3) is 11.5 Å². The van der Waals surface area contributed by atoms with Crippen LogP contribution in [0.5, 0.6) is 0 Å². The third-order valence-electron chi connectivity index (χ3n) is 3.21. The van der Waals surface area contributed by atoms with E-state index in [1.54, 1.807) is 9.95 Å². The van der Waals surface area contributed by atoms with E-state index in [-0.39, 0.29) is 23.1 Å². The van der Waals surface area contributed by atoms with Crippen molar-refractivity contribution < 1.29 is 8.81 Å². The maximum atomic E-state index is 12.9. The van der Waals surface area contributed by atoms with Crippen molar-refractivity contribution >= 4 is 11.3 Å². The zero-order valence-corrected chi connectivity index (χ0v) is 12.5. The second kappa shape index (κ2) is 5.72. The van der Waals surface area contributed by atoms with Gasteiger partial charge in [-0.3, -0.25) is 4.79 Å². The van der Waals surface area contributed by atoms with Gasteiger partial charge in [-0.05, 0) is 31.2 Å². The number of hydrogen-bond donors (Lipinski definition) is 0. The summed E-state index contributed by atoms with van der Waals surface area (Å²) in [5.41, 5.74) is 1.35. The molecule has 114 valence electrons. The maximum Gasteiger partial charge on any atom is 0.437 e. The Bertz CT molecular complexity index is 905. The lowest BCUT2D eigenvalue weighted by Gasteiger charge is -2.02. The Kier molecular flexibility index (Phi) is 3.76. The third kappa shape index (κ3) is 2.77. The first-order valence-corrected chi connectivity index (χ1v) is 7.41. The molecule has 0 atom stereocenters. The van der Waals surface area contributed by atoms with Gasteiger partial charge in [-0.15, -0.1) is 5.10 Å². The Morgan fingerprint density at radius 3 is 2.59 bits per heavy atom. The third-order valence-corrected chi connectivity index (χ3v) is 4.09. The second-order valence-corrected chi connectivity index (χ2v) is 5.52. The van der Waals surface area contributed by atoms with Gasteiger partial charge in [0.1, 0.15) is 5.82 Å². The molecule has 0 fully saturated rings. The minimum Gasteiger partial charge on any atom is -0.388 e. The lowest BCUT2D eigenvalue weighted by molar-refractivity contribution is 0.456. The van der Waals surface area contributed by atoms with E-state index in [2.05, 4.69) is 5.10 Å². The van der Waals surface area contributed by atoms with Crippen LogP contribution in [0, 0.1) is 12.7 Å². The van der Waals surface area contributed by atoms with Crippen LogP contribution in [0.3, 0.4) is 0 Å². The highest BCUT2D eigenvalue weighted by molar-refractivity contribution is 7.07. The van der Waals surface area contributed by atoms with Crippen molar-refractivity contribution in [1.82, 2.24) is 14.3 Å². The summed E-state index contributed by atoms with van der Waals surface area (Å²) in [5.74, 6) is -0.863. The predicted octanol–water partition coefficient (Wildman–Crippen LogP) is 1.87. The zero-order chi connectivity index (χ0) is 15.7. The van der Waals surface area contributed by atoms with E-state index in [9.17, 15) is 14.0 Å². The van der Waals surface area contributed by atoms with Crippen LogP contribution in [0.1, 0.15) is 5.69 Å². The molecule has 0 radical (unpaired) electrons. The topological polar surface area (TPSA) is 70.0 Å². The molecule has 3 aromatic rings. The van der Waals surface area contributed by atoms with E-state index < -0.39 is 5.76 Å². The van der Waals surface area contributed by atoms with Crippen LogP contribution in [0.15, 0.2) is 43.7 Å². The first-order valence-electron chi connectivity index (χ1n) is 6.53. The van der Waals surface area contributed by atoms with E-state index in [0.29, 0.717) is 12.1 Å². The van der Waals surface area contributed by atoms with Crippen molar-refractivity contribution in [2.24, 2.45) is 0 Å². The van der Waals surface area contributed by atoms with E-state index >= 15 is 0 Å². The van der Waals surface area contributed by atoms with E-state index in [0.717, 1.165) is 21.7 Å². The largest absolute Gasteiger partial charge is 0.437 e. The lowest BCUT2D eigenvalue weighted by atomic mass is 10.2. The molecule has 0 saturated carbocycles. The fourth-order valence-electron chi connectivity index (χ4n) is 2.03. The number of aromatic nitrogens is 3. The first-order chi connectivity index (χ1) is 10.5. The van der Waals surface area contributed by atoms with Gasteiger partial charge in [0, 0.05) is 23.2 Å². The molecule has 2 heterocycles. The van der Waals surface area contributed by atoms with Crippen molar-refractivity contribution in [3.8, 4) is 11.5 Å². The summed E-state index contributed by atoms with van der Waals surface area (Å²) in [5, 5.41) is 5.83. The molecule has 0 aliphatic rings. The normalized spacial score (nSPS) is 11.0.